The first-order chi connectivity index (χ1) is 12.0. The van der Waals surface area contributed by atoms with Gasteiger partial charge in [0.15, 0.2) is 5.11 Å². The van der Waals surface area contributed by atoms with Crippen molar-refractivity contribution >= 4 is 39.7 Å². The Balaban J connectivity index is 1.68. The minimum atomic E-state index is 0.470. The number of nitrogens with zero attached hydrogens (tertiary/aromatic N) is 1. The lowest BCUT2D eigenvalue weighted by atomic mass is 10.1. The van der Waals surface area contributed by atoms with Crippen LogP contribution < -0.4 is 20.9 Å². The molecule has 0 bridgehead atoms. The SMILES string of the molecule is COc1ccc2nc(NNC(=S)Nc3ccc(C)cc3)cc(C)c2c1. The van der Waals surface area contributed by atoms with E-state index in [1.54, 1.807) is 7.11 Å². The molecule has 3 aromatic rings. The van der Waals surface area contributed by atoms with Crippen molar-refractivity contribution in [3.63, 3.8) is 0 Å². The number of benzene rings is 2. The number of fused-ring (bicyclic) bond motifs is 1. The number of hydrogen-bond donors (Lipinski definition) is 3. The molecule has 128 valence electrons. The lowest BCUT2D eigenvalue weighted by Gasteiger charge is -2.13. The molecule has 3 N–H and O–H groups in total. The maximum atomic E-state index is 5.30. The van der Waals surface area contributed by atoms with E-state index in [-0.39, 0.29) is 0 Å². The predicted octanol–water partition coefficient (Wildman–Crippen LogP) is 4.17. The van der Waals surface area contributed by atoms with E-state index in [0.717, 1.165) is 27.9 Å². The van der Waals surface area contributed by atoms with Gasteiger partial charge in [-0.05, 0) is 68.0 Å². The second-order valence-electron chi connectivity index (χ2n) is 5.78. The van der Waals surface area contributed by atoms with Gasteiger partial charge in [-0.15, -0.1) is 0 Å². The number of rotatable bonds is 4. The van der Waals surface area contributed by atoms with Crippen molar-refractivity contribution in [2.24, 2.45) is 0 Å². The highest BCUT2D eigenvalue weighted by molar-refractivity contribution is 7.80. The van der Waals surface area contributed by atoms with Crippen molar-refractivity contribution in [1.82, 2.24) is 10.4 Å². The van der Waals surface area contributed by atoms with Crippen molar-refractivity contribution < 1.29 is 4.74 Å². The maximum Gasteiger partial charge on any atom is 0.189 e. The molecule has 0 radical (unpaired) electrons. The Hall–Kier alpha value is -2.86. The summed E-state index contributed by atoms with van der Waals surface area (Å²) in [5.41, 5.74) is 10.1. The fourth-order valence-electron chi connectivity index (χ4n) is 2.48. The van der Waals surface area contributed by atoms with Crippen molar-refractivity contribution in [2.45, 2.75) is 13.8 Å². The highest BCUT2D eigenvalue weighted by atomic mass is 32.1. The quantitative estimate of drug-likeness (QED) is 0.484. The van der Waals surface area contributed by atoms with Crippen LogP contribution in [0.4, 0.5) is 11.5 Å². The fourth-order valence-corrected chi connectivity index (χ4v) is 2.65. The van der Waals surface area contributed by atoms with E-state index < -0.39 is 0 Å². The number of aromatic nitrogens is 1. The van der Waals surface area contributed by atoms with Crippen LogP contribution in [0.1, 0.15) is 11.1 Å². The molecule has 25 heavy (non-hydrogen) atoms. The van der Waals surface area contributed by atoms with Gasteiger partial charge < -0.3 is 10.1 Å². The Bertz CT molecular complexity index is 909. The zero-order chi connectivity index (χ0) is 17.8. The lowest BCUT2D eigenvalue weighted by molar-refractivity contribution is 0.415. The van der Waals surface area contributed by atoms with Gasteiger partial charge in [-0.1, -0.05) is 17.7 Å². The average Bonchev–Trinajstić information content (AvgIpc) is 2.62. The van der Waals surface area contributed by atoms with Crippen LogP contribution in [0.5, 0.6) is 5.75 Å². The van der Waals surface area contributed by atoms with Crippen LogP contribution in [0.2, 0.25) is 0 Å². The number of aryl methyl sites for hydroxylation is 2. The molecule has 1 aromatic heterocycles. The van der Waals surface area contributed by atoms with Gasteiger partial charge in [0.1, 0.15) is 11.6 Å². The Morgan fingerprint density at radius 2 is 1.80 bits per heavy atom. The van der Waals surface area contributed by atoms with E-state index in [9.17, 15) is 0 Å². The number of ether oxygens (including phenoxy) is 1. The van der Waals surface area contributed by atoms with Crippen LogP contribution in [-0.2, 0) is 0 Å². The molecule has 3 rings (SSSR count). The van der Waals surface area contributed by atoms with E-state index in [0.29, 0.717) is 10.9 Å². The van der Waals surface area contributed by atoms with Gasteiger partial charge in [-0.3, -0.25) is 10.9 Å². The Morgan fingerprint density at radius 3 is 2.52 bits per heavy atom. The molecule has 0 aliphatic rings. The summed E-state index contributed by atoms with van der Waals surface area (Å²) >= 11 is 5.30. The minimum absolute atomic E-state index is 0.470. The topological polar surface area (TPSA) is 58.2 Å². The predicted molar refractivity (Wildman–Crippen MR) is 107 cm³/mol. The zero-order valence-corrected chi connectivity index (χ0v) is 15.2. The molecular weight excluding hydrogens is 332 g/mol. The van der Waals surface area contributed by atoms with E-state index in [1.807, 2.05) is 62.4 Å². The van der Waals surface area contributed by atoms with Gasteiger partial charge in [-0.2, -0.15) is 0 Å². The molecule has 0 unspecified atom stereocenters. The van der Waals surface area contributed by atoms with E-state index in [1.165, 1.54) is 5.56 Å². The molecule has 0 aliphatic carbocycles. The van der Waals surface area contributed by atoms with Crippen LogP contribution in [0.25, 0.3) is 10.9 Å². The number of anilines is 2. The van der Waals surface area contributed by atoms with Gasteiger partial charge in [0.2, 0.25) is 0 Å². The summed E-state index contributed by atoms with van der Waals surface area (Å²) in [6.07, 6.45) is 0. The summed E-state index contributed by atoms with van der Waals surface area (Å²) in [6.45, 7) is 4.09. The highest BCUT2D eigenvalue weighted by Gasteiger charge is 2.05. The molecular formula is C19H20N4OS. The van der Waals surface area contributed by atoms with Crippen molar-refractivity contribution in [2.75, 3.05) is 17.9 Å². The summed E-state index contributed by atoms with van der Waals surface area (Å²) in [4.78, 5) is 4.59. The molecule has 0 aliphatic heterocycles. The Morgan fingerprint density at radius 1 is 1.04 bits per heavy atom. The fraction of sp³-hybridized carbons (Fsp3) is 0.158. The summed E-state index contributed by atoms with van der Waals surface area (Å²) in [5.74, 6) is 1.52. The molecule has 6 heteroatoms. The summed E-state index contributed by atoms with van der Waals surface area (Å²) < 4.78 is 5.27. The summed E-state index contributed by atoms with van der Waals surface area (Å²) in [7, 11) is 1.66. The Kier molecular flexibility index (Phi) is 5.00. The standard InChI is InChI=1S/C19H20N4OS/c1-12-4-6-14(7-5-12)20-19(25)23-22-18-10-13(2)16-11-15(24-3)8-9-17(16)21-18/h4-11H,1-3H3,(H,21,22)(H2,20,23,25). The molecule has 1 heterocycles. The molecule has 0 fully saturated rings. The molecule has 0 saturated heterocycles. The monoisotopic (exact) mass is 352 g/mol. The third kappa shape index (κ3) is 4.16. The maximum absolute atomic E-state index is 5.30. The van der Waals surface area contributed by atoms with Crippen LogP contribution in [-0.4, -0.2) is 17.2 Å². The zero-order valence-electron chi connectivity index (χ0n) is 14.4. The van der Waals surface area contributed by atoms with Gasteiger partial charge in [0, 0.05) is 11.1 Å². The second kappa shape index (κ2) is 7.36. The van der Waals surface area contributed by atoms with Crippen molar-refractivity contribution in [1.29, 1.82) is 0 Å². The van der Waals surface area contributed by atoms with Gasteiger partial charge in [0.05, 0.1) is 12.6 Å². The summed E-state index contributed by atoms with van der Waals surface area (Å²) in [5, 5.41) is 4.65. The van der Waals surface area contributed by atoms with Crippen LogP contribution >= 0.6 is 12.2 Å². The highest BCUT2D eigenvalue weighted by Crippen LogP contribution is 2.24. The summed E-state index contributed by atoms with van der Waals surface area (Å²) in [6, 6.07) is 15.8. The van der Waals surface area contributed by atoms with E-state index in [2.05, 4.69) is 21.2 Å². The Labute approximate surface area is 152 Å². The number of thiocarbonyl (C=S) groups is 1. The van der Waals surface area contributed by atoms with E-state index in [4.69, 9.17) is 17.0 Å². The number of hydrazine groups is 1. The molecule has 0 saturated carbocycles. The van der Waals surface area contributed by atoms with Gasteiger partial charge in [-0.25, -0.2) is 4.98 Å². The van der Waals surface area contributed by atoms with E-state index >= 15 is 0 Å². The number of pyridine rings is 1. The first-order valence-electron chi connectivity index (χ1n) is 7.90. The van der Waals surface area contributed by atoms with Gasteiger partial charge >= 0.3 is 0 Å². The normalized spacial score (nSPS) is 10.4. The number of methoxy groups -OCH3 is 1. The van der Waals surface area contributed by atoms with Crippen LogP contribution in [0.15, 0.2) is 48.5 Å². The second-order valence-corrected chi connectivity index (χ2v) is 6.19. The molecule has 0 spiro atoms. The van der Waals surface area contributed by atoms with Gasteiger partial charge in [0.25, 0.3) is 0 Å². The first kappa shape index (κ1) is 17.0. The lowest BCUT2D eigenvalue weighted by Crippen LogP contribution is -2.33. The van der Waals surface area contributed by atoms with Crippen molar-refractivity contribution in [3.8, 4) is 5.75 Å². The molecule has 5 nitrogen and oxygen atoms in total. The van der Waals surface area contributed by atoms with Crippen LogP contribution in [0.3, 0.4) is 0 Å². The van der Waals surface area contributed by atoms with Crippen LogP contribution in [0, 0.1) is 13.8 Å². The number of hydrogen-bond acceptors (Lipinski definition) is 4. The first-order valence-corrected chi connectivity index (χ1v) is 8.31. The molecule has 0 amide bonds. The molecule has 0 atom stereocenters. The largest absolute Gasteiger partial charge is 0.497 e. The third-order valence-electron chi connectivity index (χ3n) is 3.84. The van der Waals surface area contributed by atoms with Crippen molar-refractivity contribution in [3.05, 3.63) is 59.7 Å². The minimum Gasteiger partial charge on any atom is -0.497 e. The third-order valence-corrected chi connectivity index (χ3v) is 4.04. The smallest absolute Gasteiger partial charge is 0.189 e. The molecule has 2 aromatic carbocycles. The number of nitrogens with one attached hydrogen (secondary N) is 3. The average molecular weight is 352 g/mol.